The third-order valence-electron chi connectivity index (χ3n) is 6.57. The Morgan fingerprint density at radius 3 is 2.39 bits per heavy atom. The normalized spacial score (nSPS) is 14.9. The molecule has 0 aromatic heterocycles. The van der Waals surface area contributed by atoms with Crippen LogP contribution >= 0.6 is 11.6 Å². The van der Waals surface area contributed by atoms with Crippen LogP contribution in [-0.4, -0.2) is 50.0 Å². The van der Waals surface area contributed by atoms with Crippen molar-refractivity contribution in [3.05, 3.63) is 64.7 Å². The van der Waals surface area contributed by atoms with Gasteiger partial charge in [-0.25, -0.2) is 8.42 Å². The Bertz CT molecular complexity index is 1150. The van der Waals surface area contributed by atoms with Crippen LogP contribution in [-0.2, 0) is 26.2 Å². The van der Waals surface area contributed by atoms with Crippen LogP contribution in [0.5, 0.6) is 0 Å². The smallest absolute Gasteiger partial charge is 0.242 e. The maximum atomic E-state index is 13.4. The summed E-state index contributed by atoms with van der Waals surface area (Å²) < 4.78 is 26.1. The molecule has 1 aliphatic carbocycles. The average molecular weight is 534 g/mol. The van der Waals surface area contributed by atoms with Gasteiger partial charge >= 0.3 is 0 Å². The molecular weight excluding hydrogens is 498 g/mol. The fraction of sp³-hybridized carbons (Fsp3) is 0.481. The van der Waals surface area contributed by atoms with Crippen molar-refractivity contribution in [2.75, 3.05) is 17.1 Å². The van der Waals surface area contributed by atoms with E-state index >= 15 is 0 Å². The van der Waals surface area contributed by atoms with Crippen LogP contribution < -0.4 is 9.62 Å². The van der Waals surface area contributed by atoms with E-state index in [2.05, 4.69) is 5.32 Å². The van der Waals surface area contributed by atoms with Crippen LogP contribution in [0.4, 0.5) is 5.69 Å². The molecule has 0 saturated heterocycles. The standard InChI is InChI=1S/C27H36ClN3O4S/c1-20-8-6-9-22(18-20)19-30(21(2)27(33)29-24-10-4-5-11-24)26(32)12-7-17-31(36(3,34)35)25-15-13-23(28)14-16-25/h6,8-9,13-16,18,21,24H,4-5,7,10-12,17,19H2,1-3H3,(H,29,33)/t21-/m0/s1. The number of carbonyl (C=O) groups excluding carboxylic acids is 2. The number of hydrogen-bond acceptors (Lipinski definition) is 4. The van der Waals surface area contributed by atoms with Crippen LogP contribution in [0, 0.1) is 6.92 Å². The molecule has 0 aliphatic heterocycles. The van der Waals surface area contributed by atoms with Gasteiger partial charge in [-0.15, -0.1) is 0 Å². The summed E-state index contributed by atoms with van der Waals surface area (Å²) in [5.74, 6) is -0.336. The molecule has 1 saturated carbocycles. The van der Waals surface area contributed by atoms with Gasteiger partial charge in [0, 0.05) is 30.6 Å². The van der Waals surface area contributed by atoms with E-state index in [4.69, 9.17) is 11.6 Å². The number of anilines is 1. The summed E-state index contributed by atoms with van der Waals surface area (Å²) in [5, 5.41) is 3.61. The van der Waals surface area contributed by atoms with Gasteiger partial charge in [-0.3, -0.25) is 13.9 Å². The van der Waals surface area contributed by atoms with E-state index in [0.29, 0.717) is 23.7 Å². The van der Waals surface area contributed by atoms with Crippen molar-refractivity contribution in [1.82, 2.24) is 10.2 Å². The summed E-state index contributed by atoms with van der Waals surface area (Å²) in [7, 11) is -3.54. The lowest BCUT2D eigenvalue weighted by atomic mass is 10.1. The van der Waals surface area contributed by atoms with Gasteiger partial charge in [0.1, 0.15) is 6.04 Å². The molecule has 2 aromatic carbocycles. The Labute approximate surface area is 219 Å². The second-order valence-electron chi connectivity index (χ2n) is 9.59. The van der Waals surface area contributed by atoms with Gasteiger partial charge in [0.25, 0.3) is 0 Å². The maximum Gasteiger partial charge on any atom is 0.242 e. The first kappa shape index (κ1) is 28.0. The lowest BCUT2D eigenvalue weighted by Crippen LogP contribution is -2.49. The van der Waals surface area contributed by atoms with Crippen LogP contribution in [0.3, 0.4) is 0 Å². The highest BCUT2D eigenvalue weighted by Gasteiger charge is 2.28. The number of nitrogens with one attached hydrogen (secondary N) is 1. The topological polar surface area (TPSA) is 86.8 Å². The number of sulfonamides is 1. The second kappa shape index (κ2) is 12.6. The van der Waals surface area contributed by atoms with Crippen molar-refractivity contribution in [3.8, 4) is 0 Å². The number of benzene rings is 2. The molecule has 1 N–H and O–H groups in total. The van der Waals surface area contributed by atoms with E-state index in [9.17, 15) is 18.0 Å². The summed E-state index contributed by atoms with van der Waals surface area (Å²) in [6.45, 7) is 4.21. The van der Waals surface area contributed by atoms with Crippen molar-refractivity contribution in [2.45, 2.75) is 71.0 Å². The molecule has 196 valence electrons. The number of carbonyl (C=O) groups is 2. The Morgan fingerprint density at radius 2 is 1.78 bits per heavy atom. The van der Waals surface area contributed by atoms with Gasteiger partial charge in [0.05, 0.1) is 11.9 Å². The Morgan fingerprint density at radius 1 is 1.11 bits per heavy atom. The number of halogens is 1. The van der Waals surface area contributed by atoms with E-state index < -0.39 is 16.1 Å². The van der Waals surface area contributed by atoms with Gasteiger partial charge in [-0.1, -0.05) is 54.3 Å². The molecule has 7 nitrogen and oxygen atoms in total. The van der Waals surface area contributed by atoms with Crippen LogP contribution in [0.15, 0.2) is 48.5 Å². The monoisotopic (exact) mass is 533 g/mol. The molecule has 3 rings (SSSR count). The second-order valence-corrected chi connectivity index (χ2v) is 11.9. The summed E-state index contributed by atoms with van der Waals surface area (Å²) in [4.78, 5) is 28.0. The largest absolute Gasteiger partial charge is 0.352 e. The molecule has 2 amide bonds. The third kappa shape index (κ3) is 7.96. The predicted molar refractivity (Wildman–Crippen MR) is 144 cm³/mol. The van der Waals surface area contributed by atoms with E-state index in [0.717, 1.165) is 43.1 Å². The predicted octanol–water partition coefficient (Wildman–Crippen LogP) is 4.67. The number of rotatable bonds is 11. The molecule has 1 fully saturated rings. The van der Waals surface area contributed by atoms with E-state index in [1.54, 1.807) is 36.1 Å². The molecular formula is C27H36ClN3O4S. The minimum absolute atomic E-state index is 0.118. The minimum Gasteiger partial charge on any atom is -0.352 e. The van der Waals surface area contributed by atoms with Crippen molar-refractivity contribution < 1.29 is 18.0 Å². The molecule has 0 spiro atoms. The van der Waals surface area contributed by atoms with Crippen molar-refractivity contribution in [1.29, 1.82) is 0 Å². The minimum atomic E-state index is -3.54. The zero-order chi connectivity index (χ0) is 26.3. The van der Waals surface area contributed by atoms with Crippen molar-refractivity contribution in [3.63, 3.8) is 0 Å². The quantitative estimate of drug-likeness (QED) is 0.454. The van der Waals surface area contributed by atoms with Crippen LogP contribution in [0.1, 0.15) is 56.6 Å². The Kier molecular flexibility index (Phi) is 9.79. The third-order valence-corrected chi connectivity index (χ3v) is 8.02. The van der Waals surface area contributed by atoms with E-state index in [1.165, 1.54) is 4.31 Å². The molecule has 36 heavy (non-hydrogen) atoms. The summed E-state index contributed by atoms with van der Waals surface area (Å²) in [5.41, 5.74) is 2.52. The highest BCUT2D eigenvalue weighted by molar-refractivity contribution is 7.92. The van der Waals surface area contributed by atoms with Gasteiger partial charge in [-0.05, 0) is 62.9 Å². The first-order chi connectivity index (χ1) is 17.0. The molecule has 0 unspecified atom stereocenters. The zero-order valence-electron chi connectivity index (χ0n) is 21.2. The van der Waals surface area contributed by atoms with Gasteiger partial charge < -0.3 is 10.2 Å². The first-order valence-corrected chi connectivity index (χ1v) is 14.7. The number of hydrogen-bond donors (Lipinski definition) is 1. The molecule has 2 aromatic rings. The molecule has 0 radical (unpaired) electrons. The average Bonchev–Trinajstić information content (AvgIpc) is 3.33. The van der Waals surface area contributed by atoms with Gasteiger partial charge in [-0.2, -0.15) is 0 Å². The van der Waals surface area contributed by atoms with Crippen molar-refractivity contribution in [2.24, 2.45) is 0 Å². The maximum absolute atomic E-state index is 13.4. The SMILES string of the molecule is Cc1cccc(CN(C(=O)CCCN(c2ccc(Cl)cc2)S(C)(=O)=O)[C@@H](C)C(=O)NC2CCCC2)c1. The number of aryl methyl sites for hydroxylation is 1. The highest BCUT2D eigenvalue weighted by atomic mass is 35.5. The molecule has 9 heteroatoms. The van der Waals surface area contributed by atoms with E-state index in [1.807, 2.05) is 31.2 Å². The fourth-order valence-corrected chi connectivity index (χ4v) is 5.68. The van der Waals surface area contributed by atoms with E-state index in [-0.39, 0.29) is 30.8 Å². The van der Waals surface area contributed by atoms with Gasteiger partial charge in [0.2, 0.25) is 21.8 Å². The molecule has 1 aliphatic rings. The molecule has 0 bridgehead atoms. The summed E-state index contributed by atoms with van der Waals surface area (Å²) >= 11 is 5.95. The summed E-state index contributed by atoms with van der Waals surface area (Å²) in [6.07, 6.45) is 5.73. The lowest BCUT2D eigenvalue weighted by Gasteiger charge is -2.30. The highest BCUT2D eigenvalue weighted by Crippen LogP contribution is 2.22. The summed E-state index contributed by atoms with van der Waals surface area (Å²) in [6, 6.07) is 14.0. The zero-order valence-corrected chi connectivity index (χ0v) is 22.8. The van der Waals surface area contributed by atoms with Crippen LogP contribution in [0.2, 0.25) is 5.02 Å². The Hall–Kier alpha value is -2.58. The number of amides is 2. The first-order valence-electron chi connectivity index (χ1n) is 12.4. The lowest BCUT2D eigenvalue weighted by molar-refractivity contribution is -0.141. The fourth-order valence-electron chi connectivity index (χ4n) is 4.59. The van der Waals surface area contributed by atoms with Crippen molar-refractivity contribution >= 4 is 39.1 Å². The Balaban J connectivity index is 1.71. The van der Waals surface area contributed by atoms with Crippen LogP contribution in [0.25, 0.3) is 0 Å². The molecule has 0 heterocycles. The van der Waals surface area contributed by atoms with Gasteiger partial charge in [0.15, 0.2) is 0 Å². The molecule has 1 atom stereocenters. The number of nitrogens with zero attached hydrogens (tertiary/aromatic N) is 2.